The SMILES string of the molecule is O=S1(=O)CCNCC1c1ccc(OCC2COC(Cn3cncn3)(c3ccc(Cl)cc3Cl)O2)cc1. The zero-order valence-electron chi connectivity index (χ0n) is 18.6. The predicted molar refractivity (Wildman–Crippen MR) is 130 cm³/mol. The summed E-state index contributed by atoms with van der Waals surface area (Å²) in [6.07, 6.45) is 2.63. The van der Waals surface area contributed by atoms with E-state index in [0.717, 1.165) is 5.56 Å². The van der Waals surface area contributed by atoms with E-state index >= 15 is 0 Å². The molecule has 2 aliphatic rings. The molecule has 2 aliphatic heterocycles. The van der Waals surface area contributed by atoms with Crippen LogP contribution < -0.4 is 10.1 Å². The maximum atomic E-state index is 12.4. The van der Waals surface area contributed by atoms with Crippen LogP contribution in [-0.2, 0) is 31.6 Å². The highest BCUT2D eigenvalue weighted by molar-refractivity contribution is 7.91. The topological polar surface area (TPSA) is 105 Å². The lowest BCUT2D eigenvalue weighted by molar-refractivity contribution is -0.190. The quantitative estimate of drug-likeness (QED) is 0.489. The number of aromatic nitrogens is 3. The van der Waals surface area contributed by atoms with Gasteiger partial charge in [0.15, 0.2) is 9.84 Å². The van der Waals surface area contributed by atoms with E-state index in [1.165, 1.54) is 6.33 Å². The van der Waals surface area contributed by atoms with E-state index in [-0.39, 0.29) is 31.6 Å². The molecule has 35 heavy (non-hydrogen) atoms. The van der Waals surface area contributed by atoms with Gasteiger partial charge in [0.1, 0.15) is 37.7 Å². The smallest absolute Gasteiger partial charge is 0.217 e. The summed E-state index contributed by atoms with van der Waals surface area (Å²) >= 11 is 12.6. The molecular formula is C23H24Cl2N4O5S. The van der Waals surface area contributed by atoms with Crippen molar-refractivity contribution in [1.29, 1.82) is 0 Å². The van der Waals surface area contributed by atoms with Crippen LogP contribution in [0.3, 0.4) is 0 Å². The molecule has 1 N–H and O–H groups in total. The van der Waals surface area contributed by atoms with Crippen LogP contribution in [0.2, 0.25) is 10.0 Å². The van der Waals surface area contributed by atoms with Gasteiger partial charge in [0.05, 0.1) is 22.6 Å². The summed E-state index contributed by atoms with van der Waals surface area (Å²) in [5.41, 5.74) is 1.38. The molecule has 5 rings (SSSR count). The van der Waals surface area contributed by atoms with Crippen LogP contribution in [0.25, 0.3) is 0 Å². The zero-order chi connectivity index (χ0) is 24.5. The number of benzene rings is 2. The predicted octanol–water partition coefficient (Wildman–Crippen LogP) is 2.99. The average molecular weight is 539 g/mol. The van der Waals surface area contributed by atoms with E-state index in [1.54, 1.807) is 53.5 Å². The van der Waals surface area contributed by atoms with E-state index in [9.17, 15) is 8.42 Å². The number of nitrogens with zero attached hydrogens (tertiary/aromatic N) is 3. The third kappa shape index (κ3) is 5.32. The maximum absolute atomic E-state index is 12.4. The highest BCUT2D eigenvalue weighted by Gasteiger charge is 2.45. The van der Waals surface area contributed by atoms with Crippen molar-refractivity contribution in [3.8, 4) is 5.75 Å². The molecule has 3 aromatic rings. The van der Waals surface area contributed by atoms with Gasteiger partial charge in [-0.15, -0.1) is 0 Å². The Morgan fingerprint density at radius 2 is 2.03 bits per heavy atom. The number of rotatable bonds is 7. The average Bonchev–Trinajstić information content (AvgIpc) is 3.49. The summed E-state index contributed by atoms with van der Waals surface area (Å²) in [5, 5.41) is 7.70. The van der Waals surface area contributed by atoms with Gasteiger partial charge in [0, 0.05) is 23.7 Å². The molecule has 3 heterocycles. The Morgan fingerprint density at radius 3 is 2.74 bits per heavy atom. The molecule has 0 bridgehead atoms. The molecule has 0 radical (unpaired) electrons. The Labute approximate surface area is 213 Å². The van der Waals surface area contributed by atoms with Gasteiger partial charge < -0.3 is 19.5 Å². The van der Waals surface area contributed by atoms with Crippen molar-refractivity contribution in [2.45, 2.75) is 23.7 Å². The van der Waals surface area contributed by atoms with Gasteiger partial charge in [0.2, 0.25) is 5.79 Å². The highest BCUT2D eigenvalue weighted by atomic mass is 35.5. The second-order valence-corrected chi connectivity index (χ2v) is 11.6. The van der Waals surface area contributed by atoms with Crippen LogP contribution in [0.4, 0.5) is 0 Å². The maximum Gasteiger partial charge on any atom is 0.217 e. The molecule has 0 amide bonds. The Balaban J connectivity index is 1.27. The number of hydrogen-bond donors (Lipinski definition) is 1. The number of nitrogens with one attached hydrogen (secondary N) is 1. The lowest BCUT2D eigenvalue weighted by Crippen LogP contribution is -2.38. The molecular weight excluding hydrogens is 515 g/mol. The third-order valence-corrected chi connectivity index (χ3v) is 8.68. The van der Waals surface area contributed by atoms with Crippen molar-refractivity contribution in [3.05, 3.63) is 76.3 Å². The minimum absolute atomic E-state index is 0.142. The number of halogens is 2. The molecule has 3 unspecified atom stereocenters. The first-order valence-corrected chi connectivity index (χ1v) is 13.6. The highest BCUT2D eigenvalue weighted by Crippen LogP contribution is 2.40. The van der Waals surface area contributed by atoms with Crippen LogP contribution in [-0.4, -0.2) is 61.3 Å². The van der Waals surface area contributed by atoms with Crippen molar-refractivity contribution in [2.75, 3.05) is 32.1 Å². The molecule has 2 fully saturated rings. The zero-order valence-corrected chi connectivity index (χ0v) is 21.0. The van der Waals surface area contributed by atoms with Gasteiger partial charge in [-0.1, -0.05) is 41.4 Å². The Hall–Kier alpha value is -2.21. The van der Waals surface area contributed by atoms with Gasteiger partial charge in [-0.3, -0.25) is 0 Å². The minimum Gasteiger partial charge on any atom is -0.491 e. The fourth-order valence-electron chi connectivity index (χ4n) is 4.29. The summed E-state index contributed by atoms with van der Waals surface area (Å²) in [4.78, 5) is 3.99. The lowest BCUT2D eigenvalue weighted by atomic mass is 10.1. The summed E-state index contributed by atoms with van der Waals surface area (Å²) in [7, 11) is -3.15. The molecule has 2 saturated heterocycles. The Kier molecular flexibility index (Phi) is 7.02. The third-order valence-electron chi connectivity index (χ3n) is 6.05. The van der Waals surface area contributed by atoms with Crippen LogP contribution in [0.5, 0.6) is 5.75 Å². The second kappa shape index (κ2) is 10.0. The standard InChI is InChI=1S/C23H24Cl2N4O5S/c24-17-3-6-20(21(25)9-17)23(13-29-15-27-14-28-29)33-12-19(34-23)11-32-18-4-1-16(2-5-18)22-10-26-7-8-35(22,30)31/h1-6,9,14-15,19,22,26H,7-8,10-13H2. The van der Waals surface area contributed by atoms with E-state index in [0.29, 0.717) is 34.4 Å². The summed E-state index contributed by atoms with van der Waals surface area (Å²) in [6, 6.07) is 12.3. The Morgan fingerprint density at radius 1 is 1.20 bits per heavy atom. The fourth-order valence-corrected chi connectivity index (χ4v) is 6.50. The van der Waals surface area contributed by atoms with Crippen molar-refractivity contribution in [1.82, 2.24) is 20.1 Å². The van der Waals surface area contributed by atoms with Gasteiger partial charge in [-0.2, -0.15) is 5.10 Å². The van der Waals surface area contributed by atoms with Crippen molar-refractivity contribution in [2.24, 2.45) is 0 Å². The molecule has 9 nitrogen and oxygen atoms in total. The molecule has 186 valence electrons. The van der Waals surface area contributed by atoms with Gasteiger partial charge in [-0.05, 0) is 29.8 Å². The molecule has 3 atom stereocenters. The molecule has 0 spiro atoms. The van der Waals surface area contributed by atoms with Crippen LogP contribution >= 0.6 is 23.2 Å². The largest absolute Gasteiger partial charge is 0.491 e. The van der Waals surface area contributed by atoms with Crippen LogP contribution in [0, 0.1) is 0 Å². The minimum atomic E-state index is -3.15. The van der Waals surface area contributed by atoms with E-state index in [1.807, 2.05) is 0 Å². The summed E-state index contributed by atoms with van der Waals surface area (Å²) < 4.78 is 44.8. The Bertz CT molecular complexity index is 1270. The molecule has 0 aliphatic carbocycles. The van der Waals surface area contributed by atoms with E-state index < -0.39 is 20.9 Å². The molecule has 0 saturated carbocycles. The summed E-state index contributed by atoms with van der Waals surface area (Å²) in [5.74, 6) is -0.435. The number of sulfone groups is 1. The summed E-state index contributed by atoms with van der Waals surface area (Å²) in [6.45, 7) is 1.65. The van der Waals surface area contributed by atoms with Gasteiger partial charge in [-0.25, -0.2) is 18.1 Å². The number of ether oxygens (including phenoxy) is 3. The normalized spacial score (nSPS) is 26.0. The molecule has 1 aromatic heterocycles. The first-order chi connectivity index (χ1) is 16.8. The van der Waals surface area contributed by atoms with Crippen LogP contribution in [0.15, 0.2) is 55.1 Å². The first kappa shape index (κ1) is 24.5. The first-order valence-electron chi connectivity index (χ1n) is 11.1. The van der Waals surface area contributed by atoms with E-state index in [2.05, 4.69) is 15.4 Å². The van der Waals surface area contributed by atoms with E-state index in [4.69, 9.17) is 37.4 Å². The van der Waals surface area contributed by atoms with Crippen molar-refractivity contribution in [3.63, 3.8) is 0 Å². The van der Waals surface area contributed by atoms with Crippen molar-refractivity contribution >= 4 is 33.0 Å². The molecule has 12 heteroatoms. The monoisotopic (exact) mass is 538 g/mol. The van der Waals surface area contributed by atoms with Crippen LogP contribution in [0.1, 0.15) is 16.4 Å². The molecule has 2 aromatic carbocycles. The lowest BCUT2D eigenvalue weighted by Gasteiger charge is -2.29. The van der Waals surface area contributed by atoms with Crippen molar-refractivity contribution < 1.29 is 22.6 Å². The number of hydrogen-bond acceptors (Lipinski definition) is 8. The second-order valence-electron chi connectivity index (χ2n) is 8.46. The van der Waals surface area contributed by atoms with Gasteiger partial charge in [0.25, 0.3) is 0 Å². The fraction of sp³-hybridized carbons (Fsp3) is 0.391. The van der Waals surface area contributed by atoms with Gasteiger partial charge >= 0.3 is 0 Å².